The molecule has 0 aromatic heterocycles. The summed E-state index contributed by atoms with van der Waals surface area (Å²) in [5, 5.41) is 3.45. The molecule has 0 unspecified atom stereocenters. The van der Waals surface area contributed by atoms with E-state index in [9.17, 15) is 8.42 Å². The highest BCUT2D eigenvalue weighted by atomic mass is 32.2. The van der Waals surface area contributed by atoms with Gasteiger partial charge in [-0.3, -0.25) is 4.99 Å². The Hall–Kier alpha value is -1.76. The van der Waals surface area contributed by atoms with Gasteiger partial charge < -0.3 is 15.0 Å². The van der Waals surface area contributed by atoms with Crippen LogP contribution in [0.25, 0.3) is 0 Å². The Morgan fingerprint density at radius 3 is 2.41 bits per heavy atom. The van der Waals surface area contributed by atoms with Gasteiger partial charge in [0.25, 0.3) is 0 Å². The van der Waals surface area contributed by atoms with E-state index >= 15 is 0 Å². The topological polar surface area (TPSA) is 71.0 Å². The number of ether oxygens (including phenoxy) is 1. The van der Waals surface area contributed by atoms with Crippen molar-refractivity contribution in [3.05, 3.63) is 29.8 Å². The van der Waals surface area contributed by atoms with Crippen LogP contribution in [0.3, 0.4) is 0 Å². The Morgan fingerprint density at radius 2 is 1.90 bits per heavy atom. The second kappa shape index (κ2) is 8.94. The number of nitrogens with one attached hydrogen (secondary N) is 1. The lowest BCUT2D eigenvalue weighted by atomic mass is 9.84. The molecule has 1 aromatic carbocycles. The van der Waals surface area contributed by atoms with Crippen molar-refractivity contribution in [1.82, 2.24) is 10.2 Å². The second-order valence-corrected chi connectivity index (χ2v) is 12.3. The van der Waals surface area contributed by atoms with Gasteiger partial charge in [-0.05, 0) is 37.5 Å². The first-order valence-electron chi connectivity index (χ1n) is 10.3. The molecule has 1 N–H and O–H groups in total. The maximum Gasteiger partial charge on any atom is 0.193 e. The van der Waals surface area contributed by atoms with E-state index in [4.69, 9.17) is 4.74 Å². The summed E-state index contributed by atoms with van der Waals surface area (Å²) in [6.45, 7) is 14.5. The molecule has 2 rings (SSSR count). The Bertz CT molecular complexity index is 812. The number of hydrogen-bond donors (Lipinski definition) is 1. The maximum absolute atomic E-state index is 12.3. The lowest BCUT2D eigenvalue weighted by Gasteiger charge is -2.40. The van der Waals surface area contributed by atoms with E-state index in [0.29, 0.717) is 32.2 Å². The van der Waals surface area contributed by atoms with Gasteiger partial charge in [0, 0.05) is 32.1 Å². The first-order chi connectivity index (χ1) is 13.4. The number of nitrogens with zero attached hydrogens (tertiary/aromatic N) is 2. The van der Waals surface area contributed by atoms with Crippen LogP contribution >= 0.6 is 0 Å². The van der Waals surface area contributed by atoms with Crippen molar-refractivity contribution in [2.75, 3.05) is 39.0 Å². The molecule has 1 aliphatic heterocycles. The highest BCUT2D eigenvalue weighted by Gasteiger charge is 2.41. The zero-order valence-electron chi connectivity index (χ0n) is 18.9. The molecule has 1 saturated heterocycles. The quantitative estimate of drug-likeness (QED) is 0.562. The Kier molecular flexibility index (Phi) is 7.25. The van der Waals surface area contributed by atoms with Crippen molar-refractivity contribution in [1.29, 1.82) is 0 Å². The van der Waals surface area contributed by atoms with Gasteiger partial charge in [0.2, 0.25) is 0 Å². The van der Waals surface area contributed by atoms with Gasteiger partial charge in [0.05, 0.1) is 17.1 Å². The van der Waals surface area contributed by atoms with Crippen LogP contribution in [0.1, 0.15) is 47.1 Å². The normalized spacial score (nSPS) is 19.3. The van der Waals surface area contributed by atoms with Crippen LogP contribution in [0, 0.1) is 5.92 Å². The summed E-state index contributed by atoms with van der Waals surface area (Å²) in [6, 6.07) is 8.26. The van der Waals surface area contributed by atoms with Crippen molar-refractivity contribution in [3.8, 4) is 5.75 Å². The number of aliphatic imine (C=N–C) groups is 1. The number of hydrogen-bond acceptors (Lipinski definition) is 4. The van der Waals surface area contributed by atoms with E-state index in [1.165, 1.54) is 5.56 Å². The molecule has 164 valence electrons. The van der Waals surface area contributed by atoms with Gasteiger partial charge in [-0.25, -0.2) is 8.42 Å². The van der Waals surface area contributed by atoms with Gasteiger partial charge in [-0.15, -0.1) is 0 Å². The van der Waals surface area contributed by atoms with Gasteiger partial charge in [0.15, 0.2) is 15.8 Å². The fourth-order valence-corrected chi connectivity index (χ4v) is 4.69. The summed E-state index contributed by atoms with van der Waals surface area (Å²) in [5.74, 6) is 2.29. The van der Waals surface area contributed by atoms with Crippen LogP contribution in [0.4, 0.5) is 0 Å². The summed E-state index contributed by atoms with van der Waals surface area (Å²) in [7, 11) is -1.33. The summed E-state index contributed by atoms with van der Waals surface area (Å²) in [4.78, 5) is 6.43. The SMILES string of the molecule is CN=C(NCC(C)(C)c1ccc(OCC(C)C)cc1)N1CCS(=O)(=O)C(C)(C)C1. The average molecular weight is 424 g/mol. The third-order valence-corrected chi connectivity index (χ3v) is 8.00. The molecule has 1 aromatic rings. The molecule has 0 saturated carbocycles. The van der Waals surface area contributed by atoms with Crippen LogP contribution in [0.2, 0.25) is 0 Å². The Labute approximate surface area is 176 Å². The number of sulfone groups is 1. The molecule has 1 heterocycles. The predicted octanol–water partition coefficient (Wildman–Crippen LogP) is 3.08. The zero-order valence-corrected chi connectivity index (χ0v) is 19.8. The van der Waals surface area contributed by atoms with Crippen LogP contribution < -0.4 is 10.1 Å². The van der Waals surface area contributed by atoms with Crippen molar-refractivity contribution in [3.63, 3.8) is 0 Å². The van der Waals surface area contributed by atoms with Gasteiger partial charge >= 0.3 is 0 Å². The highest BCUT2D eigenvalue weighted by Crippen LogP contribution is 2.26. The molecule has 29 heavy (non-hydrogen) atoms. The monoisotopic (exact) mass is 423 g/mol. The van der Waals surface area contributed by atoms with E-state index in [1.807, 2.05) is 17.0 Å². The van der Waals surface area contributed by atoms with E-state index < -0.39 is 14.6 Å². The maximum atomic E-state index is 12.3. The fraction of sp³-hybridized carbons (Fsp3) is 0.682. The molecular formula is C22H37N3O3S. The first kappa shape index (κ1) is 23.5. The van der Waals surface area contributed by atoms with Crippen LogP contribution in [0.15, 0.2) is 29.3 Å². The molecule has 0 spiro atoms. The van der Waals surface area contributed by atoms with Crippen molar-refractivity contribution < 1.29 is 13.2 Å². The molecule has 6 nitrogen and oxygen atoms in total. The third kappa shape index (κ3) is 5.87. The smallest absolute Gasteiger partial charge is 0.193 e. The summed E-state index contributed by atoms with van der Waals surface area (Å²) in [5.41, 5.74) is 1.09. The molecular weight excluding hydrogens is 386 g/mol. The largest absolute Gasteiger partial charge is 0.493 e. The van der Waals surface area contributed by atoms with Crippen molar-refractivity contribution in [2.45, 2.75) is 51.7 Å². The molecule has 7 heteroatoms. The highest BCUT2D eigenvalue weighted by molar-refractivity contribution is 7.92. The minimum Gasteiger partial charge on any atom is -0.493 e. The minimum atomic E-state index is -3.07. The lowest BCUT2D eigenvalue weighted by Crippen LogP contribution is -2.58. The predicted molar refractivity (Wildman–Crippen MR) is 121 cm³/mol. The number of rotatable bonds is 6. The van der Waals surface area contributed by atoms with Crippen molar-refractivity contribution >= 4 is 15.8 Å². The Morgan fingerprint density at radius 1 is 1.28 bits per heavy atom. The van der Waals surface area contributed by atoms with Gasteiger partial charge in [-0.1, -0.05) is 39.8 Å². The summed E-state index contributed by atoms with van der Waals surface area (Å²) < 4.78 is 29.6. The van der Waals surface area contributed by atoms with Crippen LogP contribution in [0.5, 0.6) is 5.75 Å². The summed E-state index contributed by atoms with van der Waals surface area (Å²) in [6.07, 6.45) is 0. The zero-order chi connectivity index (χ0) is 21.9. The van der Waals surface area contributed by atoms with Crippen LogP contribution in [-0.2, 0) is 15.3 Å². The minimum absolute atomic E-state index is 0.121. The Balaban J connectivity index is 2.01. The molecule has 0 atom stereocenters. The molecule has 1 fully saturated rings. The van der Waals surface area contributed by atoms with Crippen LogP contribution in [-0.4, -0.2) is 63.1 Å². The molecule has 1 aliphatic rings. The van der Waals surface area contributed by atoms with Gasteiger partial charge in [0.1, 0.15) is 5.75 Å². The van der Waals surface area contributed by atoms with E-state index in [1.54, 1.807) is 20.9 Å². The molecule has 0 aliphatic carbocycles. The van der Waals surface area contributed by atoms with Crippen molar-refractivity contribution in [2.24, 2.45) is 10.9 Å². The average Bonchev–Trinajstić information content (AvgIpc) is 2.63. The second-order valence-electron chi connectivity index (χ2n) is 9.51. The molecule has 0 bridgehead atoms. The lowest BCUT2D eigenvalue weighted by molar-refractivity contribution is 0.271. The van der Waals surface area contributed by atoms with Gasteiger partial charge in [-0.2, -0.15) is 0 Å². The molecule has 0 radical (unpaired) electrons. The van der Waals surface area contributed by atoms with E-state index in [2.05, 4.69) is 50.1 Å². The van der Waals surface area contributed by atoms with E-state index in [0.717, 1.165) is 11.7 Å². The molecule has 0 amide bonds. The fourth-order valence-electron chi connectivity index (χ4n) is 3.32. The third-order valence-electron chi connectivity index (χ3n) is 5.46. The van der Waals surface area contributed by atoms with E-state index in [-0.39, 0.29) is 11.2 Å². The number of benzene rings is 1. The standard InChI is InChI=1S/C22H37N3O3S/c1-17(2)14-28-19-10-8-18(9-11-19)21(3,4)15-24-20(23-7)25-12-13-29(26,27)22(5,6)16-25/h8-11,17H,12-16H2,1-7H3,(H,23,24). The summed E-state index contributed by atoms with van der Waals surface area (Å²) >= 11 is 0. The number of guanidine groups is 1. The first-order valence-corrected chi connectivity index (χ1v) is 11.9.